The van der Waals surface area contributed by atoms with E-state index in [1.807, 2.05) is 24.3 Å². The molecule has 3 aromatic rings. The summed E-state index contributed by atoms with van der Waals surface area (Å²) in [7, 11) is -1.39. The maximum atomic E-state index is 12.5. The van der Waals surface area contributed by atoms with Crippen LogP contribution in [0.15, 0.2) is 79.7 Å². The zero-order valence-corrected chi connectivity index (χ0v) is 10.7. The molecular weight excluding hydrogens is 260 g/mol. The van der Waals surface area contributed by atoms with Gasteiger partial charge >= 0.3 is 5.63 Å². The van der Waals surface area contributed by atoms with Crippen LogP contribution in [-0.4, -0.2) is 4.21 Å². The summed E-state index contributed by atoms with van der Waals surface area (Å²) in [6.07, 6.45) is 0. The Bertz CT molecular complexity index is 806. The van der Waals surface area contributed by atoms with Crippen LogP contribution in [0.25, 0.3) is 11.0 Å². The zero-order chi connectivity index (χ0) is 13.2. The van der Waals surface area contributed by atoms with Crippen molar-refractivity contribution in [2.75, 3.05) is 0 Å². The van der Waals surface area contributed by atoms with Crippen LogP contribution in [0.5, 0.6) is 0 Å². The van der Waals surface area contributed by atoms with Crippen LogP contribution in [-0.2, 0) is 10.8 Å². The van der Waals surface area contributed by atoms with Crippen molar-refractivity contribution >= 4 is 21.8 Å². The Labute approximate surface area is 112 Å². The molecule has 1 unspecified atom stereocenters. The molecule has 19 heavy (non-hydrogen) atoms. The molecule has 0 N–H and O–H groups in total. The number of hydrogen-bond donors (Lipinski definition) is 0. The first-order valence-corrected chi connectivity index (χ1v) is 6.90. The third-order valence-corrected chi connectivity index (χ3v) is 4.21. The van der Waals surface area contributed by atoms with E-state index in [9.17, 15) is 9.00 Å². The van der Waals surface area contributed by atoms with Gasteiger partial charge in [-0.05, 0) is 24.3 Å². The van der Waals surface area contributed by atoms with E-state index in [4.69, 9.17) is 4.42 Å². The molecule has 0 radical (unpaired) electrons. The van der Waals surface area contributed by atoms with Gasteiger partial charge in [-0.15, -0.1) is 0 Å². The van der Waals surface area contributed by atoms with Crippen LogP contribution in [0.3, 0.4) is 0 Å². The molecule has 1 heterocycles. The average molecular weight is 270 g/mol. The first kappa shape index (κ1) is 11.9. The minimum absolute atomic E-state index is 0.453. The molecule has 3 nitrogen and oxygen atoms in total. The first-order chi connectivity index (χ1) is 9.25. The zero-order valence-electron chi connectivity index (χ0n) is 9.91. The number of para-hydroxylation sites is 1. The summed E-state index contributed by atoms with van der Waals surface area (Å²) in [5, 5.41) is 0.698. The molecule has 94 valence electrons. The van der Waals surface area contributed by atoms with E-state index in [0.717, 1.165) is 0 Å². The van der Waals surface area contributed by atoms with Crippen molar-refractivity contribution in [3.05, 3.63) is 71.1 Å². The molecule has 3 rings (SSSR count). The van der Waals surface area contributed by atoms with Crippen molar-refractivity contribution in [2.24, 2.45) is 0 Å². The Morgan fingerprint density at radius 2 is 1.58 bits per heavy atom. The summed E-state index contributed by atoms with van der Waals surface area (Å²) in [6.45, 7) is 0. The van der Waals surface area contributed by atoms with Gasteiger partial charge in [-0.3, -0.25) is 0 Å². The van der Waals surface area contributed by atoms with E-state index in [0.29, 0.717) is 20.8 Å². The number of fused-ring (bicyclic) bond motifs is 1. The molecule has 1 atom stereocenters. The molecule has 0 aliphatic rings. The quantitative estimate of drug-likeness (QED) is 0.673. The Kier molecular flexibility index (Phi) is 3.01. The van der Waals surface area contributed by atoms with Crippen molar-refractivity contribution in [1.29, 1.82) is 0 Å². The SMILES string of the molecule is O=c1cc(S(=O)c2ccccc2)c2ccccc2o1. The number of hydrogen-bond acceptors (Lipinski definition) is 3. The van der Waals surface area contributed by atoms with Gasteiger partial charge < -0.3 is 4.42 Å². The molecule has 0 amide bonds. The Morgan fingerprint density at radius 3 is 2.37 bits per heavy atom. The molecule has 2 aromatic carbocycles. The minimum Gasteiger partial charge on any atom is -0.423 e. The lowest BCUT2D eigenvalue weighted by atomic mass is 10.2. The van der Waals surface area contributed by atoms with Crippen LogP contribution in [0.1, 0.15) is 0 Å². The lowest BCUT2D eigenvalue weighted by Gasteiger charge is -2.05. The third-order valence-electron chi connectivity index (χ3n) is 2.77. The Balaban J connectivity index is 2.26. The van der Waals surface area contributed by atoms with E-state index in [2.05, 4.69) is 0 Å². The number of rotatable bonds is 2. The van der Waals surface area contributed by atoms with Gasteiger partial charge in [0, 0.05) is 16.3 Å². The van der Waals surface area contributed by atoms with E-state index < -0.39 is 16.4 Å². The largest absolute Gasteiger partial charge is 0.423 e. The second-order valence-electron chi connectivity index (χ2n) is 4.01. The molecule has 0 fully saturated rings. The lowest BCUT2D eigenvalue weighted by Crippen LogP contribution is -2.02. The van der Waals surface area contributed by atoms with Crippen molar-refractivity contribution in [3.63, 3.8) is 0 Å². The molecule has 0 aliphatic carbocycles. The summed E-state index contributed by atoms with van der Waals surface area (Å²) < 4.78 is 17.6. The summed E-state index contributed by atoms with van der Waals surface area (Å²) in [6, 6.07) is 17.5. The Morgan fingerprint density at radius 1 is 0.895 bits per heavy atom. The lowest BCUT2D eigenvalue weighted by molar-refractivity contribution is 0.556. The normalized spacial score (nSPS) is 12.4. The summed E-state index contributed by atoms with van der Waals surface area (Å²) >= 11 is 0. The van der Waals surface area contributed by atoms with Crippen LogP contribution in [0, 0.1) is 0 Å². The van der Waals surface area contributed by atoms with E-state index in [1.54, 1.807) is 30.3 Å². The highest BCUT2D eigenvalue weighted by Crippen LogP contribution is 2.23. The molecule has 0 saturated carbocycles. The summed E-state index contributed by atoms with van der Waals surface area (Å²) in [5.41, 5.74) is -0.0349. The van der Waals surface area contributed by atoms with Gasteiger partial charge in [0.1, 0.15) is 5.58 Å². The first-order valence-electron chi connectivity index (χ1n) is 5.75. The maximum Gasteiger partial charge on any atom is 0.337 e. The third kappa shape index (κ3) is 2.22. The van der Waals surface area contributed by atoms with Crippen molar-refractivity contribution in [1.82, 2.24) is 0 Å². The van der Waals surface area contributed by atoms with E-state index in [-0.39, 0.29) is 0 Å². The summed E-state index contributed by atoms with van der Waals surface area (Å²) in [5.74, 6) is 0. The molecule has 0 aliphatic heterocycles. The predicted octanol–water partition coefficient (Wildman–Crippen LogP) is 2.96. The standard InChI is InChI=1S/C15H10O3S/c16-15-10-14(12-8-4-5-9-13(12)18-15)19(17)11-6-2-1-3-7-11/h1-10H. The molecule has 0 saturated heterocycles. The monoisotopic (exact) mass is 270 g/mol. The van der Waals surface area contributed by atoms with Gasteiger partial charge in [0.05, 0.1) is 15.7 Å². The molecule has 0 spiro atoms. The topological polar surface area (TPSA) is 47.3 Å². The van der Waals surface area contributed by atoms with Crippen LogP contribution >= 0.6 is 0 Å². The van der Waals surface area contributed by atoms with Crippen molar-refractivity contribution < 1.29 is 8.63 Å². The van der Waals surface area contributed by atoms with E-state index in [1.165, 1.54) is 6.07 Å². The minimum atomic E-state index is -1.39. The number of benzene rings is 2. The highest BCUT2D eigenvalue weighted by atomic mass is 32.2. The fourth-order valence-corrected chi connectivity index (χ4v) is 3.14. The fourth-order valence-electron chi connectivity index (χ4n) is 1.91. The van der Waals surface area contributed by atoms with Crippen LogP contribution in [0.4, 0.5) is 0 Å². The highest BCUT2D eigenvalue weighted by Gasteiger charge is 2.12. The van der Waals surface area contributed by atoms with Crippen LogP contribution in [0.2, 0.25) is 0 Å². The van der Waals surface area contributed by atoms with Gasteiger partial charge in [-0.25, -0.2) is 9.00 Å². The summed E-state index contributed by atoms with van der Waals surface area (Å²) in [4.78, 5) is 12.7. The maximum absolute atomic E-state index is 12.5. The molecular formula is C15H10O3S. The van der Waals surface area contributed by atoms with Crippen molar-refractivity contribution in [3.8, 4) is 0 Å². The smallest absolute Gasteiger partial charge is 0.337 e. The van der Waals surface area contributed by atoms with Gasteiger partial charge in [-0.2, -0.15) is 0 Å². The van der Waals surface area contributed by atoms with Gasteiger partial charge in [0.25, 0.3) is 0 Å². The van der Waals surface area contributed by atoms with Crippen molar-refractivity contribution in [2.45, 2.75) is 9.79 Å². The van der Waals surface area contributed by atoms with Gasteiger partial charge in [0.2, 0.25) is 0 Å². The molecule has 1 aromatic heterocycles. The predicted molar refractivity (Wildman–Crippen MR) is 73.6 cm³/mol. The van der Waals surface area contributed by atoms with Gasteiger partial charge in [-0.1, -0.05) is 30.3 Å². The fraction of sp³-hybridized carbons (Fsp3) is 0. The molecule has 4 heteroatoms. The van der Waals surface area contributed by atoms with Gasteiger partial charge in [0.15, 0.2) is 0 Å². The molecule has 0 bridgehead atoms. The van der Waals surface area contributed by atoms with E-state index >= 15 is 0 Å². The second-order valence-corrected chi connectivity index (χ2v) is 5.46. The van der Waals surface area contributed by atoms with Crippen LogP contribution < -0.4 is 5.63 Å². The average Bonchev–Trinajstić information content (AvgIpc) is 2.46. The second kappa shape index (κ2) is 4.82. The Hall–Kier alpha value is -2.20. The highest BCUT2D eigenvalue weighted by molar-refractivity contribution is 7.85.